The molecule has 0 aromatic heterocycles. The van der Waals surface area contributed by atoms with Crippen LogP contribution in [0.25, 0.3) is 0 Å². The van der Waals surface area contributed by atoms with Crippen LogP contribution < -0.4 is 0 Å². The highest BCUT2D eigenvalue weighted by atomic mass is 16.1. The molecule has 0 fully saturated rings. The molecule has 0 bridgehead atoms. The third-order valence-corrected chi connectivity index (χ3v) is 2.95. The molecule has 0 aliphatic carbocycles. The Labute approximate surface area is 116 Å². The predicted molar refractivity (Wildman–Crippen MR) is 79.1 cm³/mol. The fraction of sp³-hybridized carbons (Fsp3) is 0.471. The van der Waals surface area contributed by atoms with E-state index in [-0.39, 0.29) is 0 Å². The quantitative estimate of drug-likeness (QED) is 0.299. The van der Waals surface area contributed by atoms with E-state index in [0.29, 0.717) is 5.69 Å². The Hall–Kier alpha value is -1.84. The third-order valence-electron chi connectivity index (χ3n) is 2.95. The molecule has 0 aliphatic rings. The Bertz CT molecular complexity index is 476. The molecule has 2 nitrogen and oxygen atoms in total. The summed E-state index contributed by atoms with van der Waals surface area (Å²) in [6, 6.07) is 7.40. The van der Waals surface area contributed by atoms with Gasteiger partial charge in [-0.2, -0.15) is 4.99 Å². The van der Waals surface area contributed by atoms with Crippen LogP contribution in [0.5, 0.6) is 0 Å². The summed E-state index contributed by atoms with van der Waals surface area (Å²) in [5, 5.41) is 0. The van der Waals surface area contributed by atoms with E-state index in [2.05, 4.69) is 23.8 Å². The minimum absolute atomic E-state index is 0.605. The summed E-state index contributed by atoms with van der Waals surface area (Å²) in [7, 11) is 0. The van der Waals surface area contributed by atoms with Crippen LogP contribution in [0.15, 0.2) is 29.3 Å². The number of hydrogen-bond donors (Lipinski definition) is 0. The first-order valence-corrected chi connectivity index (χ1v) is 7.04. The normalized spacial score (nSPS) is 9.32. The maximum absolute atomic E-state index is 10.3. The van der Waals surface area contributed by atoms with Crippen molar-refractivity contribution in [2.24, 2.45) is 4.99 Å². The summed E-state index contributed by atoms with van der Waals surface area (Å²) >= 11 is 0. The highest BCUT2D eigenvalue weighted by molar-refractivity contribution is 5.59. The molecule has 0 atom stereocenters. The fourth-order valence-electron chi connectivity index (χ4n) is 1.88. The van der Waals surface area contributed by atoms with E-state index in [4.69, 9.17) is 0 Å². The van der Waals surface area contributed by atoms with E-state index < -0.39 is 0 Å². The van der Waals surface area contributed by atoms with Gasteiger partial charge in [0.1, 0.15) is 0 Å². The number of hydrogen-bond acceptors (Lipinski definition) is 2. The topological polar surface area (TPSA) is 29.4 Å². The Kier molecular flexibility index (Phi) is 8.10. The van der Waals surface area contributed by atoms with Crippen LogP contribution in [-0.4, -0.2) is 6.08 Å². The molecule has 0 N–H and O–H groups in total. The van der Waals surface area contributed by atoms with Gasteiger partial charge >= 0.3 is 0 Å². The summed E-state index contributed by atoms with van der Waals surface area (Å²) in [6.07, 6.45) is 10.1. The molecule has 1 rings (SSSR count). The Morgan fingerprint density at radius 1 is 1.05 bits per heavy atom. The molecule has 0 saturated heterocycles. The molecule has 0 amide bonds. The molecule has 2 heteroatoms. The lowest BCUT2D eigenvalue weighted by molar-refractivity contribution is 0.565. The number of para-hydroxylation sites is 1. The number of unbranched alkanes of at least 4 members (excludes halogenated alkanes) is 6. The highest BCUT2D eigenvalue weighted by Crippen LogP contribution is 2.16. The van der Waals surface area contributed by atoms with Gasteiger partial charge in [-0.15, -0.1) is 0 Å². The lowest BCUT2D eigenvalue weighted by Gasteiger charge is -1.97. The smallest absolute Gasteiger partial charge is 0.211 e. The molecule has 0 radical (unpaired) electrons. The molecule has 1 aromatic carbocycles. The van der Waals surface area contributed by atoms with Crippen molar-refractivity contribution in [3.05, 3.63) is 29.8 Å². The van der Waals surface area contributed by atoms with Crippen molar-refractivity contribution in [2.75, 3.05) is 0 Å². The first-order valence-electron chi connectivity index (χ1n) is 7.04. The van der Waals surface area contributed by atoms with Crippen molar-refractivity contribution in [3.8, 4) is 11.8 Å². The van der Waals surface area contributed by atoms with Crippen molar-refractivity contribution in [1.82, 2.24) is 0 Å². The molecule has 0 unspecified atom stereocenters. The van der Waals surface area contributed by atoms with Crippen molar-refractivity contribution >= 4 is 11.8 Å². The lowest BCUT2D eigenvalue weighted by Crippen LogP contribution is -1.79. The van der Waals surface area contributed by atoms with Crippen molar-refractivity contribution in [1.29, 1.82) is 0 Å². The zero-order chi connectivity index (χ0) is 13.8. The Morgan fingerprint density at radius 2 is 1.79 bits per heavy atom. The van der Waals surface area contributed by atoms with Crippen LogP contribution in [0.2, 0.25) is 0 Å². The monoisotopic (exact) mass is 255 g/mol. The van der Waals surface area contributed by atoms with Gasteiger partial charge in [0.05, 0.1) is 11.3 Å². The summed E-state index contributed by atoms with van der Waals surface area (Å²) in [5.74, 6) is 6.23. The fourth-order valence-corrected chi connectivity index (χ4v) is 1.88. The van der Waals surface area contributed by atoms with E-state index >= 15 is 0 Å². The average Bonchev–Trinajstić information content (AvgIpc) is 2.44. The van der Waals surface area contributed by atoms with Crippen molar-refractivity contribution < 1.29 is 4.79 Å². The number of isocyanates is 1. The van der Waals surface area contributed by atoms with Gasteiger partial charge in [-0.25, -0.2) is 4.79 Å². The van der Waals surface area contributed by atoms with Gasteiger partial charge < -0.3 is 0 Å². The largest absolute Gasteiger partial charge is 0.240 e. The summed E-state index contributed by atoms with van der Waals surface area (Å²) in [5.41, 5.74) is 1.41. The van der Waals surface area contributed by atoms with Crippen LogP contribution in [-0.2, 0) is 4.79 Å². The third kappa shape index (κ3) is 6.60. The Morgan fingerprint density at radius 3 is 2.58 bits per heavy atom. The molecule has 0 saturated carbocycles. The zero-order valence-corrected chi connectivity index (χ0v) is 11.6. The first kappa shape index (κ1) is 15.2. The second-order valence-corrected chi connectivity index (χ2v) is 4.54. The van der Waals surface area contributed by atoms with Gasteiger partial charge in [-0.1, -0.05) is 63.0 Å². The van der Waals surface area contributed by atoms with E-state index in [0.717, 1.165) is 18.4 Å². The van der Waals surface area contributed by atoms with E-state index in [1.54, 1.807) is 12.1 Å². The molecule has 0 aliphatic heterocycles. The molecule has 0 spiro atoms. The number of aliphatic imine (C=N–C) groups is 1. The molecule has 0 heterocycles. The highest BCUT2D eigenvalue weighted by Gasteiger charge is 1.95. The summed E-state index contributed by atoms with van der Waals surface area (Å²) < 4.78 is 0. The number of benzene rings is 1. The molecule has 1 aromatic rings. The molecule has 19 heavy (non-hydrogen) atoms. The number of nitrogens with zero attached hydrogens (tertiary/aromatic N) is 1. The number of rotatable bonds is 7. The van der Waals surface area contributed by atoms with E-state index in [1.165, 1.54) is 32.1 Å². The minimum atomic E-state index is 0.605. The van der Waals surface area contributed by atoms with Crippen molar-refractivity contribution in [3.63, 3.8) is 0 Å². The van der Waals surface area contributed by atoms with Crippen molar-refractivity contribution in [2.45, 2.75) is 51.9 Å². The number of carbonyl (C=O) groups excluding carboxylic acids is 1. The maximum atomic E-state index is 10.3. The molecule has 100 valence electrons. The van der Waals surface area contributed by atoms with Gasteiger partial charge in [-0.05, 0) is 18.6 Å². The second kappa shape index (κ2) is 10.1. The summed E-state index contributed by atoms with van der Waals surface area (Å²) in [6.45, 7) is 2.23. The van der Waals surface area contributed by atoms with Crippen LogP contribution in [0.4, 0.5) is 5.69 Å². The van der Waals surface area contributed by atoms with E-state index in [9.17, 15) is 4.79 Å². The predicted octanol–water partition coefficient (Wildman–Crippen LogP) is 4.76. The maximum Gasteiger partial charge on any atom is 0.240 e. The SMILES string of the molecule is CCCCCCCCC#Cc1ccccc1N=C=O. The van der Waals surface area contributed by atoms with Gasteiger partial charge in [-0.3, -0.25) is 0 Å². The van der Waals surface area contributed by atoms with E-state index in [1.807, 2.05) is 18.2 Å². The van der Waals surface area contributed by atoms with Gasteiger partial charge in [0.15, 0.2) is 0 Å². The standard InChI is InChI=1S/C17H21NO/c1-2-3-4-5-6-7-8-9-12-16-13-10-11-14-17(16)18-15-19/h10-11,13-14H,2-8H2,1H3. The molecular weight excluding hydrogens is 234 g/mol. The van der Waals surface area contributed by atoms with Crippen LogP contribution in [0.1, 0.15) is 57.4 Å². The first-order chi connectivity index (χ1) is 9.38. The second-order valence-electron chi connectivity index (χ2n) is 4.54. The van der Waals surface area contributed by atoms with Gasteiger partial charge in [0.25, 0.3) is 0 Å². The zero-order valence-electron chi connectivity index (χ0n) is 11.6. The minimum Gasteiger partial charge on any atom is -0.211 e. The van der Waals surface area contributed by atoms with Gasteiger partial charge in [0.2, 0.25) is 6.08 Å². The average molecular weight is 255 g/mol. The van der Waals surface area contributed by atoms with Crippen LogP contribution >= 0.6 is 0 Å². The molecular formula is C17H21NO. The Balaban J connectivity index is 2.35. The summed E-state index contributed by atoms with van der Waals surface area (Å²) in [4.78, 5) is 13.9. The van der Waals surface area contributed by atoms with Crippen LogP contribution in [0.3, 0.4) is 0 Å². The van der Waals surface area contributed by atoms with Crippen LogP contribution in [0, 0.1) is 11.8 Å². The lowest BCUT2D eigenvalue weighted by atomic mass is 10.1. The van der Waals surface area contributed by atoms with Gasteiger partial charge in [0, 0.05) is 6.42 Å².